The second-order valence-electron chi connectivity index (χ2n) is 8.76. The van der Waals surface area contributed by atoms with Crippen molar-refractivity contribution >= 4 is 23.7 Å². The summed E-state index contributed by atoms with van der Waals surface area (Å²) in [6.07, 6.45) is 5.24. The van der Waals surface area contributed by atoms with Crippen molar-refractivity contribution in [3.8, 4) is 11.5 Å². The van der Waals surface area contributed by atoms with Crippen molar-refractivity contribution in [3.05, 3.63) is 53.6 Å². The first-order chi connectivity index (χ1) is 16.4. The number of rotatable bonds is 10. The molecule has 0 saturated carbocycles. The summed E-state index contributed by atoms with van der Waals surface area (Å²) in [5, 5.41) is 9.27. The number of nitrogens with one attached hydrogen (secondary N) is 1. The summed E-state index contributed by atoms with van der Waals surface area (Å²) in [4.78, 5) is 24.8. The number of amides is 2. The number of para-hydroxylation sites is 1. The van der Waals surface area contributed by atoms with E-state index >= 15 is 0 Å². The van der Waals surface area contributed by atoms with Crippen molar-refractivity contribution in [2.24, 2.45) is 16.8 Å². The molecule has 34 heavy (non-hydrogen) atoms. The van der Waals surface area contributed by atoms with E-state index < -0.39 is 11.9 Å². The summed E-state index contributed by atoms with van der Waals surface area (Å²) in [5.74, 6) is 1.10. The number of hydrogen-bond donors (Lipinski definition) is 2. The Labute approximate surface area is 201 Å². The largest absolute Gasteiger partial charge is 0.493 e. The number of hydrazone groups is 1. The van der Waals surface area contributed by atoms with Gasteiger partial charge in [-0.15, -0.1) is 0 Å². The third-order valence-electron chi connectivity index (χ3n) is 5.72. The molecule has 8 nitrogen and oxygen atoms in total. The Kier molecular flexibility index (Phi) is 8.90. The molecule has 1 aliphatic rings. The van der Waals surface area contributed by atoms with Gasteiger partial charge in [-0.05, 0) is 67.5 Å². The molecule has 0 radical (unpaired) electrons. The fourth-order valence-electron chi connectivity index (χ4n) is 3.78. The molecule has 0 bridgehead atoms. The van der Waals surface area contributed by atoms with Gasteiger partial charge in [-0.1, -0.05) is 26.0 Å². The average Bonchev–Trinajstić information content (AvgIpc) is 2.83. The lowest BCUT2D eigenvalue weighted by molar-refractivity contribution is -0.122. The number of ether oxygens (including phenoxy) is 2. The highest BCUT2D eigenvalue weighted by atomic mass is 16.5. The summed E-state index contributed by atoms with van der Waals surface area (Å²) in [5.41, 5.74) is 6.99. The minimum atomic E-state index is -0.583. The van der Waals surface area contributed by atoms with E-state index in [1.807, 2.05) is 18.2 Å². The average molecular weight is 467 g/mol. The van der Waals surface area contributed by atoms with Crippen molar-refractivity contribution in [1.82, 2.24) is 5.01 Å². The molecule has 8 heteroatoms. The third kappa shape index (κ3) is 6.73. The van der Waals surface area contributed by atoms with Gasteiger partial charge in [-0.25, -0.2) is 0 Å². The van der Waals surface area contributed by atoms with Crippen LogP contribution in [-0.2, 0) is 4.79 Å². The highest BCUT2D eigenvalue weighted by Crippen LogP contribution is 2.28. The molecular weight excluding hydrogens is 432 g/mol. The van der Waals surface area contributed by atoms with E-state index in [4.69, 9.17) is 15.2 Å². The highest BCUT2D eigenvalue weighted by Gasteiger charge is 2.28. The Bertz CT molecular complexity index is 1020. The zero-order valence-electron chi connectivity index (χ0n) is 20.1. The molecule has 2 amide bonds. The Morgan fingerprint density at radius 3 is 2.74 bits per heavy atom. The van der Waals surface area contributed by atoms with Crippen LogP contribution in [0.25, 0.3) is 0 Å². The van der Waals surface area contributed by atoms with Crippen molar-refractivity contribution in [2.75, 3.05) is 25.6 Å². The normalized spacial score (nSPS) is 16.0. The number of piperidine rings is 1. The molecular formula is C26H34N4O4. The van der Waals surface area contributed by atoms with Gasteiger partial charge in [-0.2, -0.15) is 5.10 Å². The molecule has 3 N–H and O–H groups in total. The fourth-order valence-corrected chi connectivity index (χ4v) is 3.78. The van der Waals surface area contributed by atoms with Crippen LogP contribution in [0, 0.1) is 5.92 Å². The molecule has 0 aliphatic carbocycles. The first kappa shape index (κ1) is 25.1. The third-order valence-corrected chi connectivity index (χ3v) is 5.72. The van der Waals surface area contributed by atoms with E-state index in [9.17, 15) is 9.59 Å². The van der Waals surface area contributed by atoms with Gasteiger partial charge >= 0.3 is 0 Å². The molecule has 0 spiro atoms. The van der Waals surface area contributed by atoms with Crippen molar-refractivity contribution in [3.63, 3.8) is 0 Å². The van der Waals surface area contributed by atoms with E-state index in [0.29, 0.717) is 42.7 Å². The Balaban J connectivity index is 1.72. The van der Waals surface area contributed by atoms with Crippen LogP contribution >= 0.6 is 0 Å². The van der Waals surface area contributed by atoms with E-state index in [2.05, 4.69) is 24.3 Å². The van der Waals surface area contributed by atoms with Gasteiger partial charge in [0.2, 0.25) is 5.91 Å². The van der Waals surface area contributed by atoms with Gasteiger partial charge in [0.15, 0.2) is 11.5 Å². The summed E-state index contributed by atoms with van der Waals surface area (Å²) in [6, 6.07) is 11.9. The van der Waals surface area contributed by atoms with Crippen LogP contribution in [0.5, 0.6) is 11.5 Å². The minimum Gasteiger partial charge on any atom is -0.493 e. The van der Waals surface area contributed by atoms with Crippen LogP contribution in [0.1, 0.15) is 55.5 Å². The molecule has 2 aromatic carbocycles. The van der Waals surface area contributed by atoms with Crippen LogP contribution < -0.4 is 20.5 Å². The zero-order chi connectivity index (χ0) is 24.5. The minimum absolute atomic E-state index is 0.210. The summed E-state index contributed by atoms with van der Waals surface area (Å²) in [7, 11) is 1.62. The molecule has 1 aliphatic heterocycles. The number of carbonyl (C=O) groups excluding carboxylic acids is 2. The standard InChI is InChI=1S/C26H34N4O4/c1-18(2)13-15-34-24-16-19(11-12-23(24)33-3)17-28-30-14-7-6-10-22(30)26(32)29-21-9-5-4-8-20(21)25(27)31/h4-5,8-9,11-12,16-18,22H,6-7,10,13-15H2,1-3H3,(H2,27,31)(H,29,32)/b28-17+. The predicted octanol–water partition coefficient (Wildman–Crippen LogP) is 4.05. The molecule has 1 saturated heterocycles. The van der Waals surface area contributed by atoms with Crippen molar-refractivity contribution in [2.45, 2.75) is 45.6 Å². The monoisotopic (exact) mass is 466 g/mol. The maximum atomic E-state index is 13.1. The fraction of sp³-hybridized carbons (Fsp3) is 0.423. The first-order valence-electron chi connectivity index (χ1n) is 11.7. The number of methoxy groups -OCH3 is 1. The summed E-state index contributed by atoms with van der Waals surface area (Å²) >= 11 is 0. The lowest BCUT2D eigenvalue weighted by Crippen LogP contribution is -2.44. The quantitative estimate of drug-likeness (QED) is 0.514. The van der Waals surface area contributed by atoms with E-state index in [1.54, 1.807) is 42.6 Å². The van der Waals surface area contributed by atoms with Crippen LogP contribution in [0.2, 0.25) is 0 Å². The molecule has 1 unspecified atom stereocenters. The number of nitrogens with zero attached hydrogens (tertiary/aromatic N) is 2. The smallest absolute Gasteiger partial charge is 0.250 e. The lowest BCUT2D eigenvalue weighted by atomic mass is 10.0. The number of nitrogens with two attached hydrogens (primary N) is 1. The molecule has 1 heterocycles. The molecule has 1 fully saturated rings. The number of primary amides is 1. The number of carbonyl (C=O) groups is 2. The molecule has 2 aromatic rings. The molecule has 0 aromatic heterocycles. The van der Waals surface area contributed by atoms with Gasteiger partial charge in [0, 0.05) is 6.54 Å². The van der Waals surface area contributed by atoms with Gasteiger partial charge in [0.25, 0.3) is 5.91 Å². The summed E-state index contributed by atoms with van der Waals surface area (Å²) < 4.78 is 11.3. The molecule has 182 valence electrons. The lowest BCUT2D eigenvalue weighted by Gasteiger charge is -2.32. The molecule has 3 rings (SSSR count). The Morgan fingerprint density at radius 2 is 2.00 bits per heavy atom. The van der Waals surface area contributed by atoms with Gasteiger partial charge in [0.05, 0.1) is 31.2 Å². The number of benzene rings is 2. The Morgan fingerprint density at radius 1 is 1.21 bits per heavy atom. The van der Waals surface area contributed by atoms with Gasteiger partial charge in [0.1, 0.15) is 6.04 Å². The van der Waals surface area contributed by atoms with Crippen LogP contribution in [0.15, 0.2) is 47.6 Å². The second kappa shape index (κ2) is 12.1. The SMILES string of the molecule is COc1ccc(/C=N/N2CCCCC2C(=O)Nc2ccccc2C(N)=O)cc1OCCC(C)C. The highest BCUT2D eigenvalue weighted by molar-refractivity contribution is 6.04. The maximum Gasteiger partial charge on any atom is 0.250 e. The van der Waals surface area contributed by atoms with Crippen molar-refractivity contribution in [1.29, 1.82) is 0 Å². The van der Waals surface area contributed by atoms with Gasteiger partial charge < -0.3 is 20.5 Å². The van der Waals surface area contributed by atoms with Gasteiger partial charge in [-0.3, -0.25) is 14.6 Å². The maximum absolute atomic E-state index is 13.1. The predicted molar refractivity (Wildman–Crippen MR) is 133 cm³/mol. The molecule has 1 atom stereocenters. The second-order valence-corrected chi connectivity index (χ2v) is 8.76. The first-order valence-corrected chi connectivity index (χ1v) is 11.7. The topological polar surface area (TPSA) is 106 Å². The van der Waals surface area contributed by atoms with E-state index in [1.165, 1.54) is 0 Å². The van der Waals surface area contributed by atoms with Crippen LogP contribution in [0.4, 0.5) is 5.69 Å². The number of anilines is 1. The number of hydrogen-bond acceptors (Lipinski definition) is 6. The van der Waals surface area contributed by atoms with Crippen LogP contribution in [-0.4, -0.2) is 49.3 Å². The van der Waals surface area contributed by atoms with E-state index in [-0.39, 0.29) is 11.5 Å². The van der Waals surface area contributed by atoms with Crippen molar-refractivity contribution < 1.29 is 19.1 Å². The van der Waals surface area contributed by atoms with E-state index in [0.717, 1.165) is 24.8 Å². The zero-order valence-corrected chi connectivity index (χ0v) is 20.1. The van der Waals surface area contributed by atoms with Crippen LogP contribution in [0.3, 0.4) is 0 Å². The Hall–Kier alpha value is -3.55. The summed E-state index contributed by atoms with van der Waals surface area (Å²) in [6.45, 7) is 5.58.